The maximum atomic E-state index is 9.99. The van der Waals surface area contributed by atoms with E-state index in [-0.39, 0.29) is 6.61 Å². The molecule has 21 heavy (non-hydrogen) atoms. The van der Waals surface area contributed by atoms with Crippen LogP contribution in [0.3, 0.4) is 0 Å². The van der Waals surface area contributed by atoms with Crippen molar-refractivity contribution in [2.75, 3.05) is 18.6 Å². The lowest BCUT2D eigenvalue weighted by Gasteiger charge is -2.17. The van der Waals surface area contributed by atoms with E-state index < -0.39 is 6.10 Å². The Bertz CT molecular complexity index is 541. The van der Waals surface area contributed by atoms with Gasteiger partial charge in [-0.1, -0.05) is 19.1 Å². The second kappa shape index (κ2) is 7.18. The molecule has 0 radical (unpaired) electrons. The number of aliphatic hydroxyl groups excluding tert-OH is 1. The van der Waals surface area contributed by atoms with E-state index in [0.717, 1.165) is 23.6 Å². The molecule has 0 aliphatic rings. The highest BCUT2D eigenvalue weighted by Crippen LogP contribution is 2.12. The topological polar surface area (TPSA) is 46.4 Å². The number of rotatable bonds is 7. The first-order valence-electron chi connectivity index (χ1n) is 7.38. The third-order valence-electron chi connectivity index (χ3n) is 3.53. The molecule has 0 spiro atoms. The number of nitrogens with zero attached hydrogens (tertiary/aromatic N) is 1. The number of nitrogens with one attached hydrogen (secondary N) is 1. The molecule has 0 fully saturated rings. The van der Waals surface area contributed by atoms with Crippen molar-refractivity contribution in [3.8, 4) is 5.75 Å². The molecule has 1 aromatic heterocycles. The summed E-state index contributed by atoms with van der Waals surface area (Å²) in [5.41, 5.74) is 6.73. The van der Waals surface area contributed by atoms with Crippen molar-refractivity contribution in [2.24, 2.45) is 0 Å². The van der Waals surface area contributed by atoms with Crippen molar-refractivity contribution in [3.63, 3.8) is 0 Å². The van der Waals surface area contributed by atoms with Gasteiger partial charge in [-0.05, 0) is 50.1 Å². The first-order chi connectivity index (χ1) is 10.1. The highest BCUT2D eigenvalue weighted by molar-refractivity contribution is 5.27. The maximum Gasteiger partial charge on any atom is 0.119 e. The molecule has 2 rings (SSSR count). The molecular weight excluding hydrogens is 264 g/mol. The normalized spacial score (nSPS) is 12.2. The quantitative estimate of drug-likeness (QED) is 0.823. The SMILES string of the molecule is CCc1ccc(OCC(O)CNn2c(C)ccc2C)cc1. The number of aryl methyl sites for hydroxylation is 3. The Balaban J connectivity index is 1.78. The molecule has 4 nitrogen and oxygen atoms in total. The number of ether oxygens (including phenoxy) is 1. The van der Waals surface area contributed by atoms with Crippen LogP contribution in [0.1, 0.15) is 23.9 Å². The monoisotopic (exact) mass is 288 g/mol. The fourth-order valence-electron chi connectivity index (χ4n) is 2.19. The van der Waals surface area contributed by atoms with Gasteiger partial charge in [0.25, 0.3) is 0 Å². The van der Waals surface area contributed by atoms with Gasteiger partial charge in [-0.15, -0.1) is 0 Å². The average molecular weight is 288 g/mol. The molecule has 0 amide bonds. The van der Waals surface area contributed by atoms with Gasteiger partial charge in [0.2, 0.25) is 0 Å². The lowest BCUT2D eigenvalue weighted by atomic mass is 10.2. The Labute approximate surface area is 126 Å². The van der Waals surface area contributed by atoms with Crippen LogP contribution in [0.2, 0.25) is 0 Å². The van der Waals surface area contributed by atoms with Crippen LogP contribution in [-0.2, 0) is 6.42 Å². The van der Waals surface area contributed by atoms with E-state index in [1.165, 1.54) is 5.56 Å². The molecule has 2 N–H and O–H groups in total. The fourth-order valence-corrected chi connectivity index (χ4v) is 2.19. The number of benzene rings is 1. The summed E-state index contributed by atoms with van der Waals surface area (Å²) in [5.74, 6) is 0.791. The Morgan fingerprint density at radius 3 is 2.29 bits per heavy atom. The first-order valence-corrected chi connectivity index (χ1v) is 7.38. The summed E-state index contributed by atoms with van der Waals surface area (Å²) in [5, 5.41) is 9.99. The van der Waals surface area contributed by atoms with Gasteiger partial charge >= 0.3 is 0 Å². The van der Waals surface area contributed by atoms with Gasteiger partial charge in [-0.2, -0.15) is 0 Å². The highest BCUT2D eigenvalue weighted by Gasteiger charge is 2.07. The predicted molar refractivity (Wildman–Crippen MR) is 85.5 cm³/mol. The van der Waals surface area contributed by atoms with E-state index in [2.05, 4.69) is 12.3 Å². The molecule has 0 aliphatic heterocycles. The van der Waals surface area contributed by atoms with Crippen LogP contribution in [0.15, 0.2) is 36.4 Å². The Hall–Kier alpha value is -1.94. The average Bonchev–Trinajstić information content (AvgIpc) is 2.82. The van der Waals surface area contributed by atoms with Gasteiger partial charge in [0, 0.05) is 11.4 Å². The molecule has 0 saturated heterocycles. The van der Waals surface area contributed by atoms with Gasteiger partial charge in [0.15, 0.2) is 0 Å². The van der Waals surface area contributed by atoms with E-state index in [1.807, 2.05) is 54.9 Å². The largest absolute Gasteiger partial charge is 0.491 e. The molecule has 0 aliphatic carbocycles. The number of hydrogen-bond acceptors (Lipinski definition) is 3. The minimum Gasteiger partial charge on any atom is -0.491 e. The van der Waals surface area contributed by atoms with Gasteiger partial charge in [0.05, 0.1) is 6.54 Å². The Kier molecular flexibility index (Phi) is 5.28. The molecule has 0 bridgehead atoms. The smallest absolute Gasteiger partial charge is 0.119 e. The minimum atomic E-state index is -0.558. The van der Waals surface area contributed by atoms with Crippen molar-refractivity contribution in [1.29, 1.82) is 0 Å². The van der Waals surface area contributed by atoms with Crippen molar-refractivity contribution >= 4 is 0 Å². The fraction of sp³-hybridized carbons (Fsp3) is 0.412. The van der Waals surface area contributed by atoms with Crippen molar-refractivity contribution in [2.45, 2.75) is 33.3 Å². The summed E-state index contributed by atoms with van der Waals surface area (Å²) < 4.78 is 7.57. The molecule has 114 valence electrons. The first kappa shape index (κ1) is 15.4. The summed E-state index contributed by atoms with van der Waals surface area (Å²) in [6, 6.07) is 12.1. The van der Waals surface area contributed by atoms with E-state index >= 15 is 0 Å². The molecule has 1 atom stereocenters. The van der Waals surface area contributed by atoms with E-state index in [0.29, 0.717) is 6.54 Å². The van der Waals surface area contributed by atoms with Crippen LogP contribution >= 0.6 is 0 Å². The lowest BCUT2D eigenvalue weighted by Crippen LogP contribution is -2.31. The van der Waals surface area contributed by atoms with E-state index in [1.54, 1.807) is 0 Å². The third-order valence-corrected chi connectivity index (χ3v) is 3.53. The van der Waals surface area contributed by atoms with Gasteiger partial charge in [-0.25, -0.2) is 0 Å². The molecule has 1 aromatic carbocycles. The minimum absolute atomic E-state index is 0.276. The van der Waals surface area contributed by atoms with Crippen LogP contribution in [-0.4, -0.2) is 29.0 Å². The molecule has 0 saturated carbocycles. The third kappa shape index (κ3) is 4.26. The number of aromatic nitrogens is 1. The summed E-state index contributed by atoms with van der Waals surface area (Å²) in [7, 11) is 0. The Morgan fingerprint density at radius 2 is 1.71 bits per heavy atom. The van der Waals surface area contributed by atoms with Crippen LogP contribution < -0.4 is 10.2 Å². The second-order valence-electron chi connectivity index (χ2n) is 5.28. The zero-order chi connectivity index (χ0) is 15.2. The van der Waals surface area contributed by atoms with E-state index in [9.17, 15) is 5.11 Å². The van der Waals surface area contributed by atoms with Crippen LogP contribution in [0, 0.1) is 13.8 Å². The molecule has 2 aromatic rings. The zero-order valence-corrected chi connectivity index (χ0v) is 13.0. The number of hydrogen-bond donors (Lipinski definition) is 2. The van der Waals surface area contributed by atoms with Crippen LogP contribution in [0.4, 0.5) is 0 Å². The van der Waals surface area contributed by atoms with Crippen LogP contribution in [0.5, 0.6) is 5.75 Å². The second-order valence-corrected chi connectivity index (χ2v) is 5.28. The summed E-state index contributed by atoms with van der Waals surface area (Å²) >= 11 is 0. The summed E-state index contributed by atoms with van der Waals surface area (Å²) in [6.45, 7) is 6.90. The van der Waals surface area contributed by atoms with Crippen molar-refractivity contribution in [1.82, 2.24) is 4.68 Å². The molecule has 1 unspecified atom stereocenters. The van der Waals surface area contributed by atoms with Crippen LogP contribution in [0.25, 0.3) is 0 Å². The maximum absolute atomic E-state index is 9.99. The zero-order valence-electron chi connectivity index (χ0n) is 13.0. The Morgan fingerprint density at radius 1 is 1.10 bits per heavy atom. The summed E-state index contributed by atoms with van der Waals surface area (Å²) in [4.78, 5) is 0. The predicted octanol–water partition coefficient (Wildman–Crippen LogP) is 2.65. The van der Waals surface area contributed by atoms with Crippen molar-refractivity contribution < 1.29 is 9.84 Å². The van der Waals surface area contributed by atoms with E-state index in [4.69, 9.17) is 4.74 Å². The molecule has 4 heteroatoms. The summed E-state index contributed by atoms with van der Waals surface area (Å²) in [6.07, 6.45) is 0.458. The lowest BCUT2D eigenvalue weighted by molar-refractivity contribution is 0.115. The van der Waals surface area contributed by atoms with Gasteiger partial charge < -0.3 is 15.3 Å². The van der Waals surface area contributed by atoms with Crippen molar-refractivity contribution in [3.05, 3.63) is 53.3 Å². The highest BCUT2D eigenvalue weighted by atomic mass is 16.5. The van der Waals surface area contributed by atoms with Gasteiger partial charge in [-0.3, -0.25) is 4.68 Å². The standard InChI is InChI=1S/C17H24N2O2/c1-4-15-7-9-17(10-8-15)21-12-16(20)11-18-19-13(2)5-6-14(19)3/h5-10,16,18,20H,4,11-12H2,1-3H3. The van der Waals surface area contributed by atoms with Gasteiger partial charge in [0.1, 0.15) is 18.5 Å². The molecule has 1 heterocycles. The number of aliphatic hydroxyl groups is 1. The molecular formula is C17H24N2O2.